The van der Waals surface area contributed by atoms with Crippen LogP contribution in [0.1, 0.15) is 29.8 Å². The molecular weight excluding hydrogens is 176 g/mol. The second-order valence-electron chi connectivity index (χ2n) is 2.31. The summed E-state index contributed by atoms with van der Waals surface area (Å²) >= 11 is 0. The molecule has 1 rings (SSSR count). The summed E-state index contributed by atoms with van der Waals surface area (Å²) in [5, 5.41) is 0. The van der Waals surface area contributed by atoms with E-state index in [2.05, 4.69) is 5.92 Å². The van der Waals surface area contributed by atoms with Crippen molar-refractivity contribution >= 4 is 11.6 Å². The van der Waals surface area contributed by atoms with Crippen LogP contribution in [0.4, 0.5) is 5.69 Å². The van der Waals surface area contributed by atoms with Crippen molar-refractivity contribution in [3.63, 3.8) is 0 Å². The summed E-state index contributed by atoms with van der Waals surface area (Å²) in [6, 6.07) is 4.61. The molecule has 0 atom stereocenters. The molecule has 0 saturated heterocycles. The molecule has 0 aliphatic heterocycles. The molecule has 0 aliphatic rings. The average molecular weight is 190 g/mol. The number of hydrogen-bond acceptors (Lipinski definition) is 2. The number of nitrogen functional groups attached to an aromatic ring is 1. The van der Waals surface area contributed by atoms with Gasteiger partial charge in [-0.1, -0.05) is 19.8 Å². The summed E-state index contributed by atoms with van der Waals surface area (Å²) in [5.74, 6) is 1.88. The van der Waals surface area contributed by atoms with E-state index in [0.29, 0.717) is 16.8 Å². The topological polar surface area (TPSA) is 69.1 Å². The Labute approximate surface area is 84.1 Å². The van der Waals surface area contributed by atoms with Gasteiger partial charge >= 0.3 is 0 Å². The molecule has 0 aliphatic carbocycles. The molecule has 0 bridgehead atoms. The van der Waals surface area contributed by atoms with Crippen LogP contribution in [0.3, 0.4) is 0 Å². The van der Waals surface area contributed by atoms with Crippen LogP contribution in [0.5, 0.6) is 0 Å². The SMILES string of the molecule is C#Cc1ccc(C(N)=O)cc1N.CC. The molecule has 74 valence electrons. The van der Waals surface area contributed by atoms with E-state index in [4.69, 9.17) is 17.9 Å². The lowest BCUT2D eigenvalue weighted by Crippen LogP contribution is -2.11. The Morgan fingerprint density at radius 3 is 2.36 bits per heavy atom. The minimum atomic E-state index is -0.509. The lowest BCUT2D eigenvalue weighted by Gasteiger charge is -1.99. The third-order valence-corrected chi connectivity index (χ3v) is 1.49. The molecule has 3 nitrogen and oxygen atoms in total. The van der Waals surface area contributed by atoms with Gasteiger partial charge in [-0.15, -0.1) is 6.42 Å². The largest absolute Gasteiger partial charge is 0.398 e. The molecule has 1 aromatic carbocycles. The molecule has 14 heavy (non-hydrogen) atoms. The van der Waals surface area contributed by atoms with E-state index in [-0.39, 0.29) is 0 Å². The van der Waals surface area contributed by atoms with E-state index in [1.54, 1.807) is 12.1 Å². The van der Waals surface area contributed by atoms with Crippen molar-refractivity contribution in [2.45, 2.75) is 13.8 Å². The molecule has 0 fully saturated rings. The number of carbonyl (C=O) groups excluding carboxylic acids is 1. The zero-order chi connectivity index (χ0) is 11.1. The summed E-state index contributed by atoms with van der Waals surface area (Å²) in [6.07, 6.45) is 5.13. The Morgan fingerprint density at radius 1 is 1.43 bits per heavy atom. The first-order valence-electron chi connectivity index (χ1n) is 4.31. The van der Waals surface area contributed by atoms with Gasteiger partial charge in [0.05, 0.1) is 0 Å². The number of anilines is 1. The Bertz CT molecular complexity index is 364. The first-order valence-corrected chi connectivity index (χ1v) is 4.31. The van der Waals surface area contributed by atoms with Crippen molar-refractivity contribution in [2.75, 3.05) is 5.73 Å². The Balaban J connectivity index is 0.000000791. The first-order chi connectivity index (χ1) is 6.65. The van der Waals surface area contributed by atoms with E-state index in [9.17, 15) is 4.79 Å². The van der Waals surface area contributed by atoms with Crippen molar-refractivity contribution in [3.8, 4) is 12.3 Å². The van der Waals surface area contributed by atoms with E-state index in [0.717, 1.165) is 0 Å². The second kappa shape index (κ2) is 5.65. The second-order valence-corrected chi connectivity index (χ2v) is 2.31. The van der Waals surface area contributed by atoms with E-state index < -0.39 is 5.91 Å². The predicted molar refractivity (Wildman–Crippen MR) is 58.7 cm³/mol. The quantitative estimate of drug-likeness (QED) is 0.518. The molecule has 3 heteroatoms. The van der Waals surface area contributed by atoms with Gasteiger partial charge in [0.25, 0.3) is 0 Å². The van der Waals surface area contributed by atoms with Crippen LogP contribution in [0, 0.1) is 12.3 Å². The number of amides is 1. The number of benzene rings is 1. The van der Waals surface area contributed by atoms with Crippen LogP contribution in [0.2, 0.25) is 0 Å². The van der Waals surface area contributed by atoms with Crippen LogP contribution >= 0.6 is 0 Å². The molecule has 0 aromatic heterocycles. The van der Waals surface area contributed by atoms with Gasteiger partial charge in [-0.25, -0.2) is 0 Å². The van der Waals surface area contributed by atoms with Crippen LogP contribution in [-0.2, 0) is 0 Å². The number of terminal acetylenes is 1. The Hall–Kier alpha value is -1.95. The van der Waals surface area contributed by atoms with Crippen LogP contribution in [0.15, 0.2) is 18.2 Å². The molecular formula is C11H14N2O. The minimum Gasteiger partial charge on any atom is -0.398 e. The normalized spacial score (nSPS) is 8.07. The molecule has 0 saturated carbocycles. The van der Waals surface area contributed by atoms with Gasteiger partial charge in [-0.3, -0.25) is 4.79 Å². The molecule has 0 spiro atoms. The maximum atomic E-state index is 10.7. The highest BCUT2D eigenvalue weighted by atomic mass is 16.1. The summed E-state index contributed by atoms with van der Waals surface area (Å²) in [5.41, 5.74) is 11.9. The Morgan fingerprint density at radius 2 is 2.00 bits per heavy atom. The van der Waals surface area contributed by atoms with E-state index in [1.807, 2.05) is 13.8 Å². The van der Waals surface area contributed by atoms with E-state index in [1.165, 1.54) is 6.07 Å². The molecule has 0 unspecified atom stereocenters. The van der Waals surface area contributed by atoms with Gasteiger partial charge in [0, 0.05) is 16.8 Å². The highest BCUT2D eigenvalue weighted by molar-refractivity contribution is 5.94. The maximum Gasteiger partial charge on any atom is 0.248 e. The smallest absolute Gasteiger partial charge is 0.248 e. The van der Waals surface area contributed by atoms with Crippen molar-refractivity contribution in [3.05, 3.63) is 29.3 Å². The third kappa shape index (κ3) is 2.83. The van der Waals surface area contributed by atoms with E-state index >= 15 is 0 Å². The van der Waals surface area contributed by atoms with Gasteiger partial charge in [-0.05, 0) is 18.2 Å². The third-order valence-electron chi connectivity index (χ3n) is 1.49. The summed E-state index contributed by atoms with van der Waals surface area (Å²) in [7, 11) is 0. The van der Waals surface area contributed by atoms with Crippen LogP contribution in [0.25, 0.3) is 0 Å². The summed E-state index contributed by atoms with van der Waals surface area (Å²) < 4.78 is 0. The number of rotatable bonds is 1. The maximum absolute atomic E-state index is 10.7. The zero-order valence-electron chi connectivity index (χ0n) is 8.37. The molecule has 0 radical (unpaired) electrons. The standard InChI is InChI=1S/C9H8N2O.C2H6/c1-2-6-3-4-7(9(11)12)5-8(6)10;1-2/h1,3-5H,10H2,(H2,11,12);1-2H3. The number of primary amides is 1. The average Bonchev–Trinajstić information content (AvgIpc) is 2.20. The van der Waals surface area contributed by atoms with Crippen molar-refractivity contribution in [1.29, 1.82) is 0 Å². The number of carbonyl (C=O) groups is 1. The molecule has 1 aromatic rings. The lowest BCUT2D eigenvalue weighted by molar-refractivity contribution is 0.100. The van der Waals surface area contributed by atoms with Crippen LogP contribution < -0.4 is 11.5 Å². The van der Waals surface area contributed by atoms with Crippen LogP contribution in [-0.4, -0.2) is 5.91 Å². The van der Waals surface area contributed by atoms with Crippen molar-refractivity contribution < 1.29 is 4.79 Å². The fraction of sp³-hybridized carbons (Fsp3) is 0.182. The van der Waals surface area contributed by atoms with Crippen molar-refractivity contribution in [2.24, 2.45) is 5.73 Å². The fourth-order valence-corrected chi connectivity index (χ4v) is 0.847. The number of nitrogens with two attached hydrogens (primary N) is 2. The molecule has 4 N–H and O–H groups in total. The Kier molecular flexibility index (Phi) is 4.87. The number of hydrogen-bond donors (Lipinski definition) is 2. The first kappa shape index (κ1) is 12.0. The molecule has 0 heterocycles. The highest BCUT2D eigenvalue weighted by Crippen LogP contribution is 2.12. The lowest BCUT2D eigenvalue weighted by atomic mass is 10.1. The van der Waals surface area contributed by atoms with Gasteiger partial charge in [0.15, 0.2) is 0 Å². The summed E-state index contributed by atoms with van der Waals surface area (Å²) in [6.45, 7) is 4.00. The van der Waals surface area contributed by atoms with Crippen molar-refractivity contribution in [1.82, 2.24) is 0 Å². The van der Waals surface area contributed by atoms with Gasteiger partial charge in [0.2, 0.25) is 5.91 Å². The van der Waals surface area contributed by atoms with Gasteiger partial charge < -0.3 is 11.5 Å². The molecule has 1 amide bonds. The minimum absolute atomic E-state index is 0.367. The van der Waals surface area contributed by atoms with Gasteiger partial charge in [0.1, 0.15) is 0 Å². The highest BCUT2D eigenvalue weighted by Gasteiger charge is 2.02. The predicted octanol–water partition coefficient (Wildman–Crippen LogP) is 1.38. The zero-order valence-corrected chi connectivity index (χ0v) is 8.37. The monoisotopic (exact) mass is 190 g/mol. The summed E-state index contributed by atoms with van der Waals surface area (Å²) in [4.78, 5) is 10.7. The van der Waals surface area contributed by atoms with Gasteiger partial charge in [-0.2, -0.15) is 0 Å². The fourth-order valence-electron chi connectivity index (χ4n) is 0.847.